The third-order valence-corrected chi connectivity index (χ3v) is 29.9. The highest BCUT2D eigenvalue weighted by Gasteiger charge is 2.41. The summed E-state index contributed by atoms with van der Waals surface area (Å²) in [5.74, 6) is 0. The second-order valence-electron chi connectivity index (χ2n) is 38.4. The Morgan fingerprint density at radius 1 is 0.264 bits per heavy atom. The van der Waals surface area contributed by atoms with Crippen LogP contribution in [-0.2, 0) is 0 Å². The fourth-order valence-corrected chi connectivity index (χ4v) is 22.4. The van der Waals surface area contributed by atoms with E-state index in [9.17, 15) is 0 Å². The van der Waals surface area contributed by atoms with Crippen LogP contribution in [0.1, 0.15) is 130 Å². The lowest BCUT2D eigenvalue weighted by atomic mass is 10.1. The second-order valence-corrected chi connectivity index (χ2v) is 38.4. The van der Waals surface area contributed by atoms with Crippen LogP contribution in [0.3, 0.4) is 0 Å². The molecule has 0 amide bonds. The molecule has 144 heavy (non-hydrogen) atoms. The van der Waals surface area contributed by atoms with Gasteiger partial charge in [0, 0.05) is 155 Å². The standard InChI is InChI=1S/C24H24N2O.C23H22N2O.C22H20N2O.C20H22N2O.C19H20N2O.C18H18N2O/c1-15(2)25-17(4)26(21-11-7-6-10-20(21)25)23-16(3)13-14-19-18-9-5-8-12-22(18)27-24(19)23;1-4-24-16(3)25(20-11-7-6-10-19(20)24)22-15(2)13-14-18-17-9-5-8-12-21(17)26-23(18)22;1-14-12-13-17-16-8-4-7-11-20(16)25-22(17)21(14)24-15(2)23(3)18-9-5-6-10-19(18)24;1-13(2)21-11-12-22(15(21)4)19-14(3)9-10-17-16-7-5-6-8-18(16)23-20(17)19;1-4-20-11-12-21(14(20)3)18-13(2)9-10-16-15-7-5-6-8-17(15)22-19(16)18;1-12-8-9-15-14-6-4-5-7-16(14)21-18(15)17(12)20-11-10-19(3)13(20)2/h5-15,17H,1-4H3;5-14,16H,4H2,1-3H3;4-13,15H,1-3H3;5-13,15H,1-4H3;5-12,14H,4H2,1-3H3;4-11,13H,1-3H3/t17-;16-;2*15-;14-;13-/m111111/s1/i1D3;4D2;;1D3;4D2;/t15?,17-;m;;13?,15-;m;. The van der Waals surface area contributed by atoms with Crippen molar-refractivity contribution in [2.75, 3.05) is 71.2 Å². The van der Waals surface area contributed by atoms with E-state index in [4.69, 9.17) is 40.2 Å². The Bertz CT molecular complexity index is 9080. The predicted octanol–water partition coefficient (Wildman–Crippen LogP) is 33.2. The molecule has 0 spiro atoms. The lowest BCUT2D eigenvalue weighted by molar-refractivity contribution is 0.263. The highest BCUT2D eigenvalue weighted by Crippen LogP contribution is 2.54. The highest BCUT2D eigenvalue weighted by atomic mass is 16.4. The van der Waals surface area contributed by atoms with Gasteiger partial charge in [-0.2, -0.15) is 0 Å². The first-order chi connectivity index (χ1) is 73.7. The average molecular weight is 1910 g/mol. The number of anilines is 12. The minimum Gasteiger partial charge on any atom is -0.454 e. The van der Waals surface area contributed by atoms with Crippen LogP contribution >= 0.6 is 0 Å². The minimum absolute atomic E-state index is 0.108. The predicted molar refractivity (Wildman–Crippen MR) is 604 cm³/mol. The van der Waals surface area contributed by atoms with Gasteiger partial charge in [0.05, 0.1) is 68.2 Å². The van der Waals surface area contributed by atoms with E-state index in [0.717, 1.165) is 189 Å². The number of aryl methyl sites for hydroxylation is 6. The maximum Gasteiger partial charge on any atom is 0.159 e. The summed E-state index contributed by atoms with van der Waals surface area (Å²) in [5.41, 5.74) is 30.1. The smallest absolute Gasteiger partial charge is 0.159 e. The molecule has 2 unspecified atom stereocenters. The summed E-state index contributed by atoms with van der Waals surface area (Å²) in [6.45, 7) is 24.8. The zero-order chi connectivity index (χ0) is 108. The van der Waals surface area contributed by atoms with Gasteiger partial charge in [-0.3, -0.25) is 0 Å². The Labute approximate surface area is 856 Å². The van der Waals surface area contributed by atoms with Crippen LogP contribution in [0.15, 0.2) is 355 Å². The van der Waals surface area contributed by atoms with Crippen molar-refractivity contribution in [2.24, 2.45) is 0 Å². The van der Waals surface area contributed by atoms with Gasteiger partial charge in [0.15, 0.2) is 33.5 Å². The largest absolute Gasteiger partial charge is 0.454 e. The molecule has 6 aromatic heterocycles. The van der Waals surface area contributed by atoms with Gasteiger partial charge in [-0.05, 0) is 231 Å². The van der Waals surface area contributed by atoms with Crippen LogP contribution in [0.2, 0.25) is 0 Å². The van der Waals surface area contributed by atoms with E-state index in [1.54, 1.807) is 32.6 Å². The van der Waals surface area contributed by atoms with Crippen molar-refractivity contribution in [2.45, 2.75) is 174 Å². The molecule has 27 rings (SSSR count). The van der Waals surface area contributed by atoms with Crippen LogP contribution in [0.4, 0.5) is 68.2 Å². The lowest BCUT2D eigenvalue weighted by Crippen LogP contribution is -2.42. The third-order valence-electron chi connectivity index (χ3n) is 29.9. The van der Waals surface area contributed by atoms with Gasteiger partial charge in [0.1, 0.15) is 70.5 Å². The average Bonchev–Trinajstić information content (AvgIpc) is 1.56. The van der Waals surface area contributed by atoms with Gasteiger partial charge < -0.3 is 85.3 Å². The molecular formula is C126H126N12O6. The Morgan fingerprint density at radius 3 is 0.896 bits per heavy atom. The quantitative estimate of drug-likeness (QED) is 0.129. The molecule has 0 N–H and O–H groups in total. The summed E-state index contributed by atoms with van der Waals surface area (Å²) in [7, 11) is 4.24. The molecule has 21 aromatic rings. The van der Waals surface area contributed by atoms with Crippen molar-refractivity contribution < 1.29 is 40.2 Å². The molecule has 0 fully saturated rings. The highest BCUT2D eigenvalue weighted by molar-refractivity contribution is 6.16. The van der Waals surface area contributed by atoms with E-state index >= 15 is 0 Å². The van der Waals surface area contributed by atoms with Crippen molar-refractivity contribution >= 4 is 200 Å². The SMILES string of the molecule is Cc1ccc2c(oc3ccccc32)c1N1C=CN(C)[C@H]1C.Cc1ccc2c(oc3ccccc32)c1N1c2ccccc2N(C)[C@H]1C.[2H]C([2H])(C)N1C=CN(c2c(C)ccc3c2oc2ccccc23)[C@@H]1C.[2H]C([2H])(C)N1c2ccccc2N(c2c(C)ccc3c2oc2ccccc23)[C@@H]1C.[2H]C([2H])([2H])C(C)N1C=CN(c2c(C)ccc3c2oc2ccccc23)[C@@H]1C.[2H]C([2H])([2H])C(C)N1c2ccccc2N(c2c(C)ccc3c2oc2ccccc23)[C@@H]1C. The van der Waals surface area contributed by atoms with Gasteiger partial charge in [0.25, 0.3) is 0 Å². The zero-order valence-corrected chi connectivity index (χ0v) is 84.6. The monoisotopic (exact) mass is 1910 g/mol. The molecule has 0 aliphatic carbocycles. The molecule has 15 aromatic carbocycles. The lowest BCUT2D eigenvalue weighted by Gasteiger charge is -2.33. The van der Waals surface area contributed by atoms with Gasteiger partial charge in [-0.25, -0.2) is 0 Å². The van der Waals surface area contributed by atoms with E-state index in [1.165, 1.54) is 44.0 Å². The normalized spacial score (nSPS) is 19.2. The topological polar surface area (TPSA) is 118 Å². The number of hydrogen-bond donors (Lipinski definition) is 0. The molecular weight excluding hydrogens is 1780 g/mol. The Balaban J connectivity index is 0.000000104. The van der Waals surface area contributed by atoms with E-state index in [-0.39, 0.29) is 30.8 Å². The summed E-state index contributed by atoms with van der Waals surface area (Å²) in [6.07, 6.45) is 11.7. The number of hydrogen-bond acceptors (Lipinski definition) is 18. The third kappa shape index (κ3) is 15.5. The van der Waals surface area contributed by atoms with Crippen LogP contribution < -0.4 is 44.1 Å². The van der Waals surface area contributed by atoms with Crippen molar-refractivity contribution in [3.05, 3.63) is 362 Å². The fraction of sp³-hybridized carbons (Fsp3) is 0.238. The zero-order valence-electron chi connectivity index (χ0n) is 94.6. The maximum absolute atomic E-state index is 8.39. The summed E-state index contributed by atoms with van der Waals surface area (Å²) in [4.78, 5) is 25.2. The van der Waals surface area contributed by atoms with Crippen molar-refractivity contribution in [1.29, 1.82) is 0 Å². The van der Waals surface area contributed by atoms with Crippen LogP contribution in [0.25, 0.3) is 132 Å². The van der Waals surface area contributed by atoms with Crippen molar-refractivity contribution in [3.63, 3.8) is 0 Å². The first-order valence-electron chi connectivity index (χ1n) is 54.7. The Hall–Kier alpha value is -16.1. The molecule has 6 aliphatic rings. The minimum atomic E-state index is -2.09. The van der Waals surface area contributed by atoms with Crippen molar-refractivity contribution in [3.8, 4) is 0 Å². The first-order valence-corrected chi connectivity index (χ1v) is 49.7. The van der Waals surface area contributed by atoms with Gasteiger partial charge in [-0.1, -0.05) is 218 Å². The molecule has 0 radical (unpaired) electrons. The molecule has 18 nitrogen and oxygen atoms in total. The number of furan rings is 6. The van der Waals surface area contributed by atoms with Crippen LogP contribution in [0, 0.1) is 41.5 Å². The number of benzene rings is 15. The number of para-hydroxylation sites is 12. The summed E-state index contributed by atoms with van der Waals surface area (Å²) >= 11 is 0. The Morgan fingerprint density at radius 2 is 0.549 bits per heavy atom. The molecule has 12 heterocycles. The van der Waals surface area contributed by atoms with Crippen LogP contribution in [-0.4, -0.2) is 90.9 Å². The summed E-state index contributed by atoms with van der Waals surface area (Å²) in [6, 6.07) is 97.7. The van der Waals surface area contributed by atoms with E-state index in [1.807, 2.05) is 194 Å². The first kappa shape index (κ1) is 81.6. The van der Waals surface area contributed by atoms with Gasteiger partial charge in [-0.15, -0.1) is 0 Å². The Kier molecular flexibility index (Phi) is 21.2. The molecule has 0 saturated heterocycles. The summed E-state index contributed by atoms with van der Waals surface area (Å²) < 4.78 is 117. The molecule has 18 heteroatoms. The number of rotatable bonds is 10. The van der Waals surface area contributed by atoms with Crippen molar-refractivity contribution in [1.82, 2.24) is 14.7 Å². The molecule has 8 atom stereocenters. The fourth-order valence-electron chi connectivity index (χ4n) is 22.4. The number of nitrogens with zero attached hydrogens (tertiary/aromatic N) is 12. The number of fused-ring (bicyclic) bond motifs is 21. The maximum atomic E-state index is 8.39. The van der Waals surface area contributed by atoms with E-state index in [2.05, 4.69) is 286 Å². The summed E-state index contributed by atoms with van der Waals surface area (Å²) in [5, 5.41) is 13.4. The van der Waals surface area contributed by atoms with Crippen LogP contribution in [0.5, 0.6) is 0 Å². The van der Waals surface area contributed by atoms with E-state index < -0.39 is 38.8 Å². The molecule has 0 saturated carbocycles. The molecule has 726 valence electrons. The van der Waals surface area contributed by atoms with Gasteiger partial charge in [0.2, 0.25) is 0 Å². The molecule has 6 aliphatic heterocycles. The van der Waals surface area contributed by atoms with Gasteiger partial charge >= 0.3 is 0 Å². The second kappa shape index (κ2) is 37.4. The molecule has 0 bridgehead atoms. The van der Waals surface area contributed by atoms with E-state index in [0.29, 0.717) is 6.17 Å².